The first-order valence-electron chi connectivity index (χ1n) is 11.9. The topological polar surface area (TPSA) is 71.4 Å². The molecule has 2 aliphatic rings. The Morgan fingerprint density at radius 3 is 2.80 bits per heavy atom. The lowest BCUT2D eigenvalue weighted by atomic mass is 9.88. The van der Waals surface area contributed by atoms with Crippen LogP contribution in [0.15, 0.2) is 48.8 Å². The van der Waals surface area contributed by atoms with Crippen LogP contribution >= 0.6 is 0 Å². The number of nitrogens with one attached hydrogen (secondary N) is 2. The van der Waals surface area contributed by atoms with Gasteiger partial charge in [0.15, 0.2) is 0 Å². The second kappa shape index (κ2) is 10.1. The highest BCUT2D eigenvalue weighted by molar-refractivity contribution is 5.92. The molecule has 1 amide bonds. The molecule has 7 nitrogen and oxygen atoms in total. The molecular weight excluding hydrogens is 452 g/mol. The van der Waals surface area contributed by atoms with Crippen molar-refractivity contribution in [3.8, 4) is 0 Å². The predicted octanol–water partition coefficient (Wildman–Crippen LogP) is 3.30. The number of nitrogens with zero attached hydrogens (tertiary/aromatic N) is 3. The minimum Gasteiger partial charge on any atom is -0.378 e. The number of benzene rings is 2. The largest absolute Gasteiger partial charge is 0.378 e. The minimum atomic E-state index is -0.632. The maximum absolute atomic E-state index is 14.4. The zero-order valence-corrected chi connectivity index (χ0v) is 19.6. The molecule has 0 saturated carbocycles. The van der Waals surface area contributed by atoms with Crippen molar-refractivity contribution in [2.75, 3.05) is 49.6 Å². The van der Waals surface area contributed by atoms with Crippen molar-refractivity contribution in [3.63, 3.8) is 0 Å². The summed E-state index contributed by atoms with van der Waals surface area (Å²) in [6.07, 6.45) is 3.49. The summed E-state index contributed by atoms with van der Waals surface area (Å²) in [6, 6.07) is 9.89. The van der Waals surface area contributed by atoms with Crippen molar-refractivity contribution >= 4 is 17.5 Å². The van der Waals surface area contributed by atoms with Crippen molar-refractivity contribution in [3.05, 3.63) is 77.1 Å². The van der Waals surface area contributed by atoms with E-state index in [1.165, 1.54) is 17.7 Å². The molecule has 0 bridgehead atoms. The molecule has 2 aromatic carbocycles. The lowest BCUT2D eigenvalue weighted by Gasteiger charge is -2.31. The molecule has 184 valence electrons. The number of amides is 1. The Morgan fingerprint density at radius 1 is 1.17 bits per heavy atom. The standard InChI is InChI=1S/C26H29F2N5O2/c1-17-2-3-18(24(12-17)32-8-10-35-11-9-32)16-33-7-6-30-26(33)31-25(34)22-15-29-14-21(22)20-5-4-19(27)13-23(20)28/h2-7,12-13,21-22,29H,8-11,14-16H2,1H3,(H,30,31,34)/t21-,22?/m0/s1. The van der Waals surface area contributed by atoms with Crippen LogP contribution in [0, 0.1) is 24.5 Å². The molecule has 2 fully saturated rings. The Hall–Kier alpha value is -3.30. The van der Waals surface area contributed by atoms with Gasteiger partial charge in [0, 0.05) is 56.2 Å². The van der Waals surface area contributed by atoms with Crippen LogP contribution in [-0.2, 0) is 16.1 Å². The van der Waals surface area contributed by atoms with Gasteiger partial charge < -0.3 is 19.5 Å². The summed E-state index contributed by atoms with van der Waals surface area (Å²) in [7, 11) is 0. The van der Waals surface area contributed by atoms with Crippen LogP contribution in [0.1, 0.15) is 22.6 Å². The molecule has 1 unspecified atom stereocenters. The normalized spacial score (nSPS) is 20.3. The molecule has 3 aromatic rings. The highest BCUT2D eigenvalue weighted by Gasteiger charge is 2.36. The van der Waals surface area contributed by atoms with Crippen LogP contribution in [0.5, 0.6) is 0 Å². The fourth-order valence-electron chi connectivity index (χ4n) is 4.94. The molecule has 2 atom stereocenters. The third-order valence-corrected chi connectivity index (χ3v) is 6.80. The van der Waals surface area contributed by atoms with Gasteiger partial charge in [0.05, 0.1) is 25.7 Å². The number of aryl methyl sites for hydroxylation is 1. The Labute approximate surface area is 203 Å². The van der Waals surface area contributed by atoms with Crippen LogP contribution in [0.4, 0.5) is 20.4 Å². The zero-order chi connectivity index (χ0) is 24.4. The molecule has 5 rings (SSSR count). The Bertz CT molecular complexity index is 1210. The number of hydrogen-bond donors (Lipinski definition) is 2. The fourth-order valence-corrected chi connectivity index (χ4v) is 4.94. The molecule has 0 spiro atoms. The van der Waals surface area contributed by atoms with E-state index in [4.69, 9.17) is 4.74 Å². The van der Waals surface area contributed by atoms with Crippen molar-refractivity contribution in [1.29, 1.82) is 0 Å². The third kappa shape index (κ3) is 5.06. The quantitative estimate of drug-likeness (QED) is 0.566. The monoisotopic (exact) mass is 481 g/mol. The van der Waals surface area contributed by atoms with Gasteiger partial charge in [-0.3, -0.25) is 10.1 Å². The number of rotatable bonds is 6. The number of carbonyl (C=O) groups excluding carboxylic acids is 1. The van der Waals surface area contributed by atoms with Crippen molar-refractivity contribution in [2.24, 2.45) is 5.92 Å². The number of carbonyl (C=O) groups is 1. The number of morpholine rings is 1. The summed E-state index contributed by atoms with van der Waals surface area (Å²) in [5.74, 6) is -1.95. The van der Waals surface area contributed by atoms with Gasteiger partial charge >= 0.3 is 0 Å². The molecule has 0 aliphatic carbocycles. The molecular formula is C26H29F2N5O2. The molecule has 2 saturated heterocycles. The average Bonchev–Trinajstić information content (AvgIpc) is 3.51. The first-order valence-corrected chi connectivity index (χ1v) is 11.9. The first kappa shape index (κ1) is 23.4. The van der Waals surface area contributed by atoms with E-state index in [0.717, 1.165) is 30.4 Å². The summed E-state index contributed by atoms with van der Waals surface area (Å²) in [4.78, 5) is 19.9. The van der Waals surface area contributed by atoms with Gasteiger partial charge in [-0.05, 0) is 35.7 Å². The third-order valence-electron chi connectivity index (χ3n) is 6.80. The van der Waals surface area contributed by atoms with E-state index in [1.807, 2.05) is 10.8 Å². The summed E-state index contributed by atoms with van der Waals surface area (Å²) in [5.41, 5.74) is 3.81. The van der Waals surface area contributed by atoms with Gasteiger partial charge in [-0.25, -0.2) is 13.8 Å². The van der Waals surface area contributed by atoms with Crippen molar-refractivity contribution in [1.82, 2.24) is 14.9 Å². The molecule has 9 heteroatoms. The first-order chi connectivity index (χ1) is 17.0. The molecule has 1 aromatic heterocycles. The molecule has 2 aliphatic heterocycles. The highest BCUT2D eigenvalue weighted by atomic mass is 19.1. The van der Waals surface area contributed by atoms with Crippen LogP contribution < -0.4 is 15.5 Å². The summed E-state index contributed by atoms with van der Waals surface area (Å²) < 4.78 is 35.2. The van der Waals surface area contributed by atoms with Gasteiger partial charge in [-0.15, -0.1) is 0 Å². The fraction of sp³-hybridized carbons (Fsp3) is 0.385. The van der Waals surface area contributed by atoms with E-state index in [-0.39, 0.29) is 11.8 Å². The molecule has 35 heavy (non-hydrogen) atoms. The van der Waals surface area contributed by atoms with Crippen LogP contribution in [0.2, 0.25) is 0 Å². The second-order valence-electron chi connectivity index (χ2n) is 9.14. The SMILES string of the molecule is Cc1ccc(Cn2ccnc2NC(=O)C2CNC[C@H]2c2ccc(F)cc2F)c(N2CCOCC2)c1. The zero-order valence-electron chi connectivity index (χ0n) is 19.6. The lowest BCUT2D eigenvalue weighted by Crippen LogP contribution is -2.37. The predicted molar refractivity (Wildman–Crippen MR) is 130 cm³/mol. The number of hydrogen-bond acceptors (Lipinski definition) is 5. The van der Waals surface area contributed by atoms with E-state index < -0.39 is 17.6 Å². The molecule has 0 radical (unpaired) electrons. The summed E-state index contributed by atoms with van der Waals surface area (Å²) >= 11 is 0. The van der Waals surface area contributed by atoms with Gasteiger partial charge in [-0.1, -0.05) is 18.2 Å². The van der Waals surface area contributed by atoms with Crippen LogP contribution in [0.3, 0.4) is 0 Å². The Kier molecular flexibility index (Phi) is 6.79. The number of imidazole rings is 1. The smallest absolute Gasteiger partial charge is 0.231 e. The van der Waals surface area contributed by atoms with Crippen LogP contribution in [-0.4, -0.2) is 54.9 Å². The maximum atomic E-state index is 14.4. The van der Waals surface area contributed by atoms with Gasteiger partial charge in [0.25, 0.3) is 0 Å². The van der Waals surface area contributed by atoms with Gasteiger partial charge in [0.2, 0.25) is 11.9 Å². The number of ether oxygens (including phenoxy) is 1. The van der Waals surface area contributed by atoms with E-state index in [9.17, 15) is 13.6 Å². The second-order valence-corrected chi connectivity index (χ2v) is 9.14. The van der Waals surface area contributed by atoms with E-state index in [1.54, 1.807) is 6.20 Å². The lowest BCUT2D eigenvalue weighted by molar-refractivity contribution is -0.119. The number of halogens is 2. The highest BCUT2D eigenvalue weighted by Crippen LogP contribution is 2.31. The summed E-state index contributed by atoms with van der Waals surface area (Å²) in [5, 5.41) is 6.10. The number of aromatic nitrogens is 2. The molecule has 3 heterocycles. The minimum absolute atomic E-state index is 0.242. The Balaban J connectivity index is 1.33. The van der Waals surface area contributed by atoms with Crippen LogP contribution in [0.25, 0.3) is 0 Å². The number of anilines is 2. The van der Waals surface area contributed by atoms with Gasteiger partial charge in [0.1, 0.15) is 11.6 Å². The Morgan fingerprint density at radius 2 is 2.00 bits per heavy atom. The summed E-state index contributed by atoms with van der Waals surface area (Å²) in [6.45, 7) is 6.54. The van der Waals surface area contributed by atoms with Crippen molar-refractivity contribution in [2.45, 2.75) is 19.4 Å². The van der Waals surface area contributed by atoms with Crippen molar-refractivity contribution < 1.29 is 18.3 Å². The van der Waals surface area contributed by atoms with Gasteiger partial charge in [-0.2, -0.15) is 0 Å². The van der Waals surface area contributed by atoms with E-state index in [2.05, 4.69) is 45.6 Å². The van der Waals surface area contributed by atoms with E-state index in [0.29, 0.717) is 44.4 Å². The molecule has 2 N–H and O–H groups in total. The average molecular weight is 482 g/mol. The van der Waals surface area contributed by atoms with E-state index >= 15 is 0 Å². The maximum Gasteiger partial charge on any atom is 0.231 e.